The molecular weight excluding hydrogens is 421 g/mol. The lowest BCUT2D eigenvalue weighted by atomic mass is 9.93. The van der Waals surface area contributed by atoms with Crippen molar-refractivity contribution in [2.24, 2.45) is 11.8 Å². The van der Waals surface area contributed by atoms with Crippen LogP contribution in [-0.2, 0) is 4.79 Å². The minimum Gasteiger partial charge on any atom is -0.368 e. The van der Waals surface area contributed by atoms with Gasteiger partial charge in [0.1, 0.15) is 5.82 Å². The molecule has 0 saturated carbocycles. The van der Waals surface area contributed by atoms with Gasteiger partial charge in [0.2, 0.25) is 5.91 Å². The van der Waals surface area contributed by atoms with Crippen LogP contribution in [0.25, 0.3) is 0 Å². The zero-order valence-corrected chi connectivity index (χ0v) is 20.1. The highest BCUT2D eigenvalue weighted by atomic mass is 19.1. The van der Waals surface area contributed by atoms with Crippen molar-refractivity contribution >= 4 is 23.3 Å². The number of benzene rings is 1. The summed E-state index contributed by atoms with van der Waals surface area (Å²) in [5.74, 6) is 0.398. The molecule has 3 heterocycles. The van der Waals surface area contributed by atoms with Crippen molar-refractivity contribution < 1.29 is 14.0 Å². The number of hydrogen-bond donors (Lipinski definition) is 1. The largest absolute Gasteiger partial charge is 0.368 e. The van der Waals surface area contributed by atoms with Crippen molar-refractivity contribution in [3.05, 3.63) is 24.0 Å². The average molecular weight is 460 g/mol. The molecule has 7 nitrogen and oxygen atoms in total. The van der Waals surface area contributed by atoms with Crippen LogP contribution in [0.5, 0.6) is 0 Å². The number of nitrogens with one attached hydrogen (secondary N) is 1. The molecule has 3 amide bonds. The molecule has 0 radical (unpaired) electrons. The number of likely N-dealkylation sites (tertiary alicyclic amines) is 2. The van der Waals surface area contributed by atoms with Gasteiger partial charge in [-0.25, -0.2) is 9.18 Å². The Balaban J connectivity index is 1.33. The maximum Gasteiger partial charge on any atom is 0.321 e. The molecule has 3 aliphatic heterocycles. The lowest BCUT2D eigenvalue weighted by molar-refractivity contribution is -0.138. The van der Waals surface area contributed by atoms with E-state index in [1.807, 2.05) is 4.90 Å². The zero-order valence-electron chi connectivity index (χ0n) is 20.1. The predicted molar refractivity (Wildman–Crippen MR) is 129 cm³/mol. The molecule has 182 valence electrons. The summed E-state index contributed by atoms with van der Waals surface area (Å²) in [4.78, 5) is 33.9. The lowest BCUT2D eigenvalue weighted by Gasteiger charge is -2.37. The van der Waals surface area contributed by atoms with E-state index in [0.29, 0.717) is 30.4 Å². The van der Waals surface area contributed by atoms with Crippen molar-refractivity contribution in [1.29, 1.82) is 0 Å². The quantitative estimate of drug-likeness (QED) is 0.752. The second-order valence-electron chi connectivity index (χ2n) is 10.0. The topological polar surface area (TPSA) is 59.1 Å². The highest BCUT2D eigenvalue weighted by molar-refractivity contribution is 5.90. The van der Waals surface area contributed by atoms with Crippen LogP contribution in [0.4, 0.5) is 20.6 Å². The van der Waals surface area contributed by atoms with Crippen LogP contribution in [0.15, 0.2) is 18.2 Å². The van der Waals surface area contributed by atoms with Crippen molar-refractivity contribution in [1.82, 2.24) is 14.7 Å². The van der Waals surface area contributed by atoms with Crippen LogP contribution in [-0.4, -0.2) is 86.0 Å². The van der Waals surface area contributed by atoms with Gasteiger partial charge in [0.15, 0.2) is 0 Å². The zero-order chi connectivity index (χ0) is 23.4. The van der Waals surface area contributed by atoms with Gasteiger partial charge in [-0.15, -0.1) is 0 Å². The number of halogens is 1. The summed E-state index contributed by atoms with van der Waals surface area (Å²) in [5.41, 5.74) is 1.04. The Hall–Kier alpha value is -2.35. The number of amides is 3. The first-order valence-corrected chi connectivity index (χ1v) is 12.5. The van der Waals surface area contributed by atoms with Gasteiger partial charge in [-0.2, -0.15) is 0 Å². The molecule has 33 heavy (non-hydrogen) atoms. The molecule has 0 unspecified atom stereocenters. The van der Waals surface area contributed by atoms with Gasteiger partial charge in [-0.1, -0.05) is 6.92 Å². The van der Waals surface area contributed by atoms with Crippen LogP contribution in [0.1, 0.15) is 39.0 Å². The number of piperidine rings is 2. The third-order valence-electron chi connectivity index (χ3n) is 7.41. The summed E-state index contributed by atoms with van der Waals surface area (Å²) in [6.45, 7) is 8.46. The molecule has 3 fully saturated rings. The van der Waals surface area contributed by atoms with Gasteiger partial charge >= 0.3 is 6.03 Å². The highest BCUT2D eigenvalue weighted by Gasteiger charge is 2.32. The maximum atomic E-state index is 14.9. The third-order valence-corrected chi connectivity index (χ3v) is 7.41. The van der Waals surface area contributed by atoms with Gasteiger partial charge in [0, 0.05) is 51.5 Å². The average Bonchev–Trinajstić information content (AvgIpc) is 3.03. The standard InChI is InChI=1S/C25H38FN5O2/c1-19-8-13-30(14-9-19)24(32)20-5-3-11-31(18-20)25(33)27-21-6-7-23(22(26)17-21)29-12-4-10-28(2)15-16-29/h6-7,17,19-20H,3-5,8-16,18H2,1-2H3,(H,27,33)/t20-/m0/s1. The molecule has 3 saturated heterocycles. The first-order valence-electron chi connectivity index (χ1n) is 12.5. The summed E-state index contributed by atoms with van der Waals surface area (Å²) in [7, 11) is 2.09. The molecule has 0 spiro atoms. The highest BCUT2D eigenvalue weighted by Crippen LogP contribution is 2.26. The number of rotatable bonds is 3. The van der Waals surface area contributed by atoms with E-state index < -0.39 is 0 Å². The van der Waals surface area contributed by atoms with E-state index in [4.69, 9.17) is 0 Å². The van der Waals surface area contributed by atoms with E-state index in [2.05, 4.69) is 29.1 Å². The van der Waals surface area contributed by atoms with Gasteiger partial charge in [0.05, 0.1) is 11.6 Å². The first-order chi connectivity index (χ1) is 15.9. The normalized spacial score (nSPS) is 23.4. The van der Waals surface area contributed by atoms with Crippen molar-refractivity contribution in [2.75, 3.05) is 69.6 Å². The summed E-state index contributed by atoms with van der Waals surface area (Å²) in [5, 5.41) is 2.84. The fraction of sp³-hybridized carbons (Fsp3) is 0.680. The van der Waals surface area contributed by atoms with Crippen LogP contribution in [0.3, 0.4) is 0 Å². The van der Waals surface area contributed by atoms with Crippen molar-refractivity contribution in [2.45, 2.75) is 39.0 Å². The molecule has 1 atom stereocenters. The molecule has 1 N–H and O–H groups in total. The SMILES string of the molecule is CC1CCN(C(=O)[C@H]2CCCN(C(=O)Nc3ccc(N4CCCN(C)CC4)c(F)c3)C2)CC1. The summed E-state index contributed by atoms with van der Waals surface area (Å²) < 4.78 is 14.9. The van der Waals surface area contributed by atoms with E-state index >= 15 is 0 Å². The minimum atomic E-state index is -0.316. The second-order valence-corrected chi connectivity index (χ2v) is 10.0. The van der Waals surface area contributed by atoms with Gasteiger partial charge in [-0.05, 0) is 69.8 Å². The molecule has 3 aliphatic rings. The number of carbonyl (C=O) groups is 2. The molecule has 1 aromatic rings. The van der Waals surface area contributed by atoms with Gasteiger partial charge in [0.25, 0.3) is 0 Å². The number of hydrogen-bond acceptors (Lipinski definition) is 4. The number of urea groups is 1. The number of anilines is 2. The summed E-state index contributed by atoms with van der Waals surface area (Å²) in [6, 6.07) is 4.68. The maximum absolute atomic E-state index is 14.9. The second kappa shape index (κ2) is 10.7. The Labute approximate surface area is 196 Å². The van der Waals surface area contributed by atoms with Crippen LogP contribution >= 0.6 is 0 Å². The van der Waals surface area contributed by atoms with E-state index in [1.165, 1.54) is 6.07 Å². The molecule has 1 aromatic carbocycles. The monoisotopic (exact) mass is 459 g/mol. The number of nitrogens with zero attached hydrogens (tertiary/aromatic N) is 4. The van der Waals surface area contributed by atoms with Gasteiger partial charge in [-0.3, -0.25) is 4.79 Å². The van der Waals surface area contributed by atoms with Crippen LogP contribution in [0.2, 0.25) is 0 Å². The number of carbonyl (C=O) groups excluding carboxylic acids is 2. The van der Waals surface area contributed by atoms with E-state index in [-0.39, 0.29) is 23.7 Å². The predicted octanol–water partition coefficient (Wildman–Crippen LogP) is 3.47. The Morgan fingerprint density at radius 3 is 2.48 bits per heavy atom. The molecule has 4 rings (SSSR count). The molecular formula is C25H38FN5O2. The van der Waals surface area contributed by atoms with Crippen LogP contribution in [0, 0.1) is 17.7 Å². The molecule has 8 heteroatoms. The molecule has 0 aliphatic carbocycles. The minimum absolute atomic E-state index is 0.141. The number of likely N-dealkylation sites (N-methyl/N-ethyl adjacent to an activating group) is 1. The summed E-state index contributed by atoms with van der Waals surface area (Å²) in [6.07, 6.45) is 4.74. The van der Waals surface area contributed by atoms with Gasteiger partial charge < -0.3 is 24.9 Å². The fourth-order valence-electron chi connectivity index (χ4n) is 5.18. The van der Waals surface area contributed by atoms with Crippen molar-refractivity contribution in [3.63, 3.8) is 0 Å². The Kier molecular flexibility index (Phi) is 7.73. The molecule has 0 aromatic heterocycles. The summed E-state index contributed by atoms with van der Waals surface area (Å²) >= 11 is 0. The Bertz CT molecular complexity index is 842. The smallest absolute Gasteiger partial charge is 0.321 e. The van der Waals surface area contributed by atoms with E-state index in [9.17, 15) is 14.0 Å². The Morgan fingerprint density at radius 2 is 1.73 bits per heavy atom. The Morgan fingerprint density at radius 1 is 0.939 bits per heavy atom. The lowest BCUT2D eigenvalue weighted by Crippen LogP contribution is -2.49. The molecule has 0 bridgehead atoms. The third kappa shape index (κ3) is 5.96. The van der Waals surface area contributed by atoms with E-state index in [1.54, 1.807) is 17.0 Å². The van der Waals surface area contributed by atoms with E-state index in [0.717, 1.165) is 71.4 Å². The van der Waals surface area contributed by atoms with Crippen molar-refractivity contribution in [3.8, 4) is 0 Å². The van der Waals surface area contributed by atoms with Crippen LogP contribution < -0.4 is 10.2 Å². The fourth-order valence-corrected chi connectivity index (χ4v) is 5.18. The first kappa shape index (κ1) is 23.8.